The molecule has 3 rings (SSSR count). The van der Waals surface area contributed by atoms with E-state index in [4.69, 9.17) is 9.47 Å². The standard InChI is InChI=1S/C22H25N3O4/c1-4-28-17-10-6-15(7-11-17)20-19(14(3)23-22(27)25-20)21(26)24-16-8-12-18(13-9-16)29-5-2/h6-13,20H,4-5H2,1-3H3,(H,24,26)(H2,23,25,27). The van der Waals surface area contributed by atoms with Crippen molar-refractivity contribution in [3.8, 4) is 11.5 Å². The van der Waals surface area contributed by atoms with Crippen molar-refractivity contribution in [2.45, 2.75) is 26.8 Å². The van der Waals surface area contributed by atoms with Gasteiger partial charge in [0.15, 0.2) is 0 Å². The second-order valence-electron chi connectivity index (χ2n) is 6.48. The molecule has 1 aliphatic heterocycles. The van der Waals surface area contributed by atoms with E-state index in [1.807, 2.05) is 38.1 Å². The summed E-state index contributed by atoms with van der Waals surface area (Å²) in [5, 5.41) is 8.39. The minimum Gasteiger partial charge on any atom is -0.494 e. The van der Waals surface area contributed by atoms with Crippen LogP contribution in [-0.2, 0) is 4.79 Å². The van der Waals surface area contributed by atoms with E-state index in [2.05, 4.69) is 16.0 Å². The monoisotopic (exact) mass is 395 g/mol. The van der Waals surface area contributed by atoms with Crippen LogP contribution in [0.4, 0.5) is 10.5 Å². The van der Waals surface area contributed by atoms with E-state index in [0.717, 1.165) is 17.1 Å². The molecule has 2 aromatic rings. The molecule has 29 heavy (non-hydrogen) atoms. The van der Waals surface area contributed by atoms with Crippen molar-refractivity contribution in [2.24, 2.45) is 0 Å². The number of nitrogens with one attached hydrogen (secondary N) is 3. The average Bonchev–Trinajstić information content (AvgIpc) is 2.70. The molecule has 152 valence electrons. The van der Waals surface area contributed by atoms with Gasteiger partial charge in [0.05, 0.1) is 24.8 Å². The van der Waals surface area contributed by atoms with Crippen molar-refractivity contribution in [1.82, 2.24) is 10.6 Å². The van der Waals surface area contributed by atoms with Crippen LogP contribution in [0.3, 0.4) is 0 Å². The Labute approximate surface area is 170 Å². The number of hydrogen-bond donors (Lipinski definition) is 3. The first-order valence-corrected chi connectivity index (χ1v) is 9.57. The fraction of sp³-hybridized carbons (Fsp3) is 0.273. The second kappa shape index (κ2) is 9.14. The number of benzene rings is 2. The molecule has 0 aliphatic carbocycles. The lowest BCUT2D eigenvalue weighted by atomic mass is 9.94. The Bertz CT molecular complexity index is 905. The Kier molecular flexibility index (Phi) is 6.39. The Hall–Kier alpha value is -3.48. The van der Waals surface area contributed by atoms with Gasteiger partial charge in [0.2, 0.25) is 0 Å². The normalized spacial score (nSPS) is 16.0. The number of anilines is 1. The molecule has 3 amide bonds. The lowest BCUT2D eigenvalue weighted by molar-refractivity contribution is -0.113. The molecule has 0 bridgehead atoms. The number of amides is 3. The largest absolute Gasteiger partial charge is 0.494 e. The highest BCUT2D eigenvalue weighted by atomic mass is 16.5. The Morgan fingerprint density at radius 1 is 0.966 bits per heavy atom. The zero-order valence-electron chi connectivity index (χ0n) is 16.7. The van der Waals surface area contributed by atoms with Gasteiger partial charge in [-0.05, 0) is 62.7 Å². The van der Waals surface area contributed by atoms with Gasteiger partial charge in [0.25, 0.3) is 5.91 Å². The minimum atomic E-state index is -0.567. The van der Waals surface area contributed by atoms with E-state index in [1.165, 1.54) is 0 Å². The highest BCUT2D eigenvalue weighted by molar-refractivity contribution is 6.06. The summed E-state index contributed by atoms with van der Waals surface area (Å²) in [6.07, 6.45) is 0. The number of ether oxygens (including phenoxy) is 2. The molecule has 0 radical (unpaired) electrons. The lowest BCUT2D eigenvalue weighted by Gasteiger charge is -2.28. The van der Waals surface area contributed by atoms with Gasteiger partial charge >= 0.3 is 6.03 Å². The second-order valence-corrected chi connectivity index (χ2v) is 6.48. The molecule has 0 saturated carbocycles. The maximum atomic E-state index is 13.0. The summed E-state index contributed by atoms with van der Waals surface area (Å²) in [5.41, 5.74) is 2.39. The smallest absolute Gasteiger partial charge is 0.319 e. The highest BCUT2D eigenvalue weighted by Gasteiger charge is 2.31. The molecule has 0 spiro atoms. The van der Waals surface area contributed by atoms with Gasteiger partial charge in [-0.1, -0.05) is 12.1 Å². The van der Waals surface area contributed by atoms with Crippen molar-refractivity contribution in [3.05, 3.63) is 65.4 Å². The summed E-state index contributed by atoms with van der Waals surface area (Å²) in [4.78, 5) is 25.1. The molecule has 3 N–H and O–H groups in total. The van der Waals surface area contributed by atoms with Crippen molar-refractivity contribution < 1.29 is 19.1 Å². The summed E-state index contributed by atoms with van der Waals surface area (Å²) in [5.74, 6) is 1.18. The summed E-state index contributed by atoms with van der Waals surface area (Å²) in [6, 6.07) is 13.6. The molecule has 0 saturated heterocycles. The number of carbonyl (C=O) groups is 2. The number of carbonyl (C=O) groups excluding carboxylic acids is 2. The number of rotatable bonds is 7. The van der Waals surface area contributed by atoms with E-state index in [-0.39, 0.29) is 11.9 Å². The number of urea groups is 1. The number of allylic oxidation sites excluding steroid dienone is 1. The van der Waals surface area contributed by atoms with Crippen molar-refractivity contribution >= 4 is 17.6 Å². The van der Waals surface area contributed by atoms with Crippen LogP contribution in [0.5, 0.6) is 11.5 Å². The molecule has 1 atom stereocenters. The molecule has 1 heterocycles. The van der Waals surface area contributed by atoms with Crippen LogP contribution in [-0.4, -0.2) is 25.2 Å². The summed E-state index contributed by atoms with van der Waals surface area (Å²) in [6.45, 7) is 6.69. The van der Waals surface area contributed by atoms with E-state index < -0.39 is 6.04 Å². The Morgan fingerprint density at radius 2 is 1.52 bits per heavy atom. The number of hydrogen-bond acceptors (Lipinski definition) is 4. The van der Waals surface area contributed by atoms with Crippen molar-refractivity contribution in [1.29, 1.82) is 0 Å². The fourth-order valence-electron chi connectivity index (χ4n) is 3.17. The quantitative estimate of drug-likeness (QED) is 0.666. The van der Waals surface area contributed by atoms with E-state index in [9.17, 15) is 9.59 Å². The topological polar surface area (TPSA) is 88.7 Å². The van der Waals surface area contributed by atoms with Crippen LogP contribution in [0, 0.1) is 0 Å². The van der Waals surface area contributed by atoms with E-state index in [0.29, 0.717) is 30.2 Å². The Morgan fingerprint density at radius 3 is 2.07 bits per heavy atom. The highest BCUT2D eigenvalue weighted by Crippen LogP contribution is 2.29. The molecule has 1 unspecified atom stereocenters. The maximum Gasteiger partial charge on any atom is 0.319 e. The predicted molar refractivity (Wildman–Crippen MR) is 111 cm³/mol. The third-order valence-electron chi connectivity index (χ3n) is 4.46. The summed E-state index contributed by atoms with van der Waals surface area (Å²) < 4.78 is 10.9. The maximum absolute atomic E-state index is 13.0. The van der Waals surface area contributed by atoms with Gasteiger partial charge in [-0.15, -0.1) is 0 Å². The molecule has 0 aromatic heterocycles. The van der Waals surface area contributed by atoms with Crippen LogP contribution in [0.15, 0.2) is 59.8 Å². The van der Waals surface area contributed by atoms with Gasteiger partial charge in [0.1, 0.15) is 11.5 Å². The Balaban J connectivity index is 1.83. The first-order valence-electron chi connectivity index (χ1n) is 9.57. The van der Waals surface area contributed by atoms with Gasteiger partial charge in [-0.2, -0.15) is 0 Å². The zero-order valence-corrected chi connectivity index (χ0v) is 16.7. The molecular weight excluding hydrogens is 370 g/mol. The van der Waals surface area contributed by atoms with E-state index >= 15 is 0 Å². The third kappa shape index (κ3) is 4.87. The minimum absolute atomic E-state index is 0.293. The third-order valence-corrected chi connectivity index (χ3v) is 4.46. The molecule has 7 heteroatoms. The van der Waals surface area contributed by atoms with Gasteiger partial charge in [-0.25, -0.2) is 4.79 Å². The predicted octanol–water partition coefficient (Wildman–Crippen LogP) is 3.75. The van der Waals surface area contributed by atoms with Gasteiger partial charge in [0, 0.05) is 11.4 Å². The van der Waals surface area contributed by atoms with Crippen LogP contribution < -0.4 is 25.4 Å². The summed E-state index contributed by atoms with van der Waals surface area (Å²) >= 11 is 0. The van der Waals surface area contributed by atoms with Crippen molar-refractivity contribution in [3.63, 3.8) is 0 Å². The van der Waals surface area contributed by atoms with Crippen LogP contribution in [0.1, 0.15) is 32.4 Å². The summed E-state index contributed by atoms with van der Waals surface area (Å²) in [7, 11) is 0. The first-order chi connectivity index (χ1) is 14.0. The first kappa shape index (κ1) is 20.3. The van der Waals surface area contributed by atoms with Crippen molar-refractivity contribution in [2.75, 3.05) is 18.5 Å². The van der Waals surface area contributed by atoms with Gasteiger partial charge < -0.3 is 25.4 Å². The molecule has 7 nitrogen and oxygen atoms in total. The zero-order chi connectivity index (χ0) is 20.8. The lowest BCUT2D eigenvalue weighted by Crippen LogP contribution is -2.45. The average molecular weight is 395 g/mol. The molecule has 0 fully saturated rings. The SMILES string of the molecule is CCOc1ccc(NC(=O)C2=C(C)NC(=O)NC2c2ccc(OCC)cc2)cc1. The van der Waals surface area contributed by atoms with Gasteiger partial charge in [-0.3, -0.25) is 4.79 Å². The van der Waals surface area contributed by atoms with Crippen LogP contribution >= 0.6 is 0 Å². The fourth-order valence-corrected chi connectivity index (χ4v) is 3.17. The van der Waals surface area contributed by atoms with Crippen LogP contribution in [0.2, 0.25) is 0 Å². The molecular formula is C22H25N3O4. The molecule has 1 aliphatic rings. The van der Waals surface area contributed by atoms with E-state index in [1.54, 1.807) is 31.2 Å². The molecule has 2 aromatic carbocycles. The van der Waals surface area contributed by atoms with Crippen LogP contribution in [0.25, 0.3) is 0 Å².